The molecule has 24 heteroatoms. The Bertz CT molecular complexity index is 1810. The fourth-order valence-corrected chi connectivity index (χ4v) is 8.14. The van der Waals surface area contributed by atoms with Gasteiger partial charge in [-0.3, -0.25) is 27.2 Å². The van der Waals surface area contributed by atoms with Crippen molar-refractivity contribution in [3.63, 3.8) is 0 Å². The third-order valence-corrected chi connectivity index (χ3v) is 10.1. The van der Waals surface area contributed by atoms with Crippen molar-refractivity contribution in [1.82, 2.24) is 39.0 Å². The van der Waals surface area contributed by atoms with Crippen LogP contribution in [0.1, 0.15) is 12.5 Å². The number of nitrogens with zero attached hydrogens (tertiary/aromatic N) is 8. The molecular weight excluding hydrogens is 654 g/mol. The van der Waals surface area contributed by atoms with Crippen LogP contribution in [0.2, 0.25) is 0 Å². The molecule has 230 valence electrons. The molecule has 7 heterocycles. The van der Waals surface area contributed by atoms with Crippen molar-refractivity contribution in [1.29, 1.82) is 0 Å². The fraction of sp³-hybridized carbons (Fsp3) is 0.474. The minimum Gasteiger partial charge on any atom is -0.386 e. The summed E-state index contributed by atoms with van der Waals surface area (Å²) in [5, 5.41) is 22.4. The summed E-state index contributed by atoms with van der Waals surface area (Å²) in [5.41, 5.74) is 12.6. The van der Waals surface area contributed by atoms with E-state index in [1.807, 2.05) is 0 Å². The Labute approximate surface area is 250 Å². The molecule has 0 aliphatic carbocycles. The van der Waals surface area contributed by atoms with Gasteiger partial charge in [0.25, 0.3) is 0 Å². The number of hydrogen-bond donors (Lipinski definition) is 6. The normalized spacial score (nSPS) is 38.6. The predicted molar refractivity (Wildman–Crippen MR) is 149 cm³/mol. The van der Waals surface area contributed by atoms with Gasteiger partial charge >= 0.3 is 13.6 Å². The monoisotopic (exact) mass is 676 g/mol. The first-order valence-electron chi connectivity index (χ1n) is 12.3. The maximum Gasteiger partial charge on any atom is 0.388 e. The highest BCUT2D eigenvalue weighted by atomic mass is 32.7. The van der Waals surface area contributed by atoms with Crippen molar-refractivity contribution in [3.8, 4) is 0 Å². The average Bonchev–Trinajstić information content (AvgIpc) is 3.70. The van der Waals surface area contributed by atoms with Gasteiger partial charge in [-0.15, -0.1) is 0 Å². The summed E-state index contributed by atoms with van der Waals surface area (Å²) in [6.07, 6.45) is -6.62. The van der Waals surface area contributed by atoms with E-state index in [0.717, 1.165) is 0 Å². The third-order valence-electron chi connectivity index (χ3n) is 6.95. The van der Waals surface area contributed by atoms with E-state index >= 15 is 0 Å². The fourth-order valence-electron chi connectivity index (χ4n) is 5.03. The number of aliphatic hydroxyl groups is 2. The van der Waals surface area contributed by atoms with Gasteiger partial charge in [-0.1, -0.05) is 24.5 Å². The van der Waals surface area contributed by atoms with E-state index in [1.54, 1.807) is 0 Å². The summed E-state index contributed by atoms with van der Waals surface area (Å²) in [5.74, 6) is 0.170. The SMILES string of the molecule is Nc1ncnc2c1ncn2[C@@H]1O[C@@H]2O[P@](=O)(S)OC3[C@@H](CO[P@](=O)(S)OC2[C@@H]1O)O[C@@H](n1cnc2c(N)ncnc21)[C@H]3O. The first-order chi connectivity index (χ1) is 20.4. The summed E-state index contributed by atoms with van der Waals surface area (Å²) in [6.45, 7) is -9.30. The highest BCUT2D eigenvalue weighted by Gasteiger charge is 2.55. The quantitative estimate of drug-likeness (QED) is 0.122. The van der Waals surface area contributed by atoms with Crippen molar-refractivity contribution in [2.75, 3.05) is 18.1 Å². The zero-order valence-corrected chi connectivity index (χ0v) is 24.9. The van der Waals surface area contributed by atoms with Crippen molar-refractivity contribution >= 4 is 72.1 Å². The van der Waals surface area contributed by atoms with Crippen LogP contribution in [-0.4, -0.2) is 92.7 Å². The molecular formula is C19H22N10O10P2S2. The van der Waals surface area contributed by atoms with Gasteiger partial charge in [-0.2, -0.15) is 0 Å². The summed E-state index contributed by atoms with van der Waals surface area (Å²) in [4.78, 5) is 24.3. The van der Waals surface area contributed by atoms with E-state index in [9.17, 15) is 19.3 Å². The number of ether oxygens (including phenoxy) is 2. The van der Waals surface area contributed by atoms with E-state index in [1.165, 1.54) is 34.4 Å². The minimum atomic E-state index is -4.46. The maximum atomic E-state index is 13.6. The van der Waals surface area contributed by atoms with Gasteiger partial charge < -0.3 is 31.2 Å². The molecule has 0 amide bonds. The molecule has 3 fully saturated rings. The molecule has 43 heavy (non-hydrogen) atoms. The zero-order valence-electron chi connectivity index (χ0n) is 21.3. The zero-order chi connectivity index (χ0) is 30.3. The molecule has 3 aliphatic rings. The van der Waals surface area contributed by atoms with Crippen LogP contribution in [0.25, 0.3) is 22.3 Å². The number of imidazole rings is 2. The second-order valence-electron chi connectivity index (χ2n) is 9.59. The Morgan fingerprint density at radius 3 is 1.91 bits per heavy atom. The first-order valence-corrected chi connectivity index (χ1v) is 17.7. The lowest BCUT2D eigenvalue weighted by Crippen LogP contribution is -2.36. The minimum absolute atomic E-state index is 0.0744. The number of fused-ring (bicyclic) bond motifs is 4. The molecule has 4 aromatic heterocycles. The third kappa shape index (κ3) is 5.10. The number of hydrogen-bond acceptors (Lipinski definition) is 18. The van der Waals surface area contributed by atoms with Crippen LogP contribution in [0, 0.1) is 0 Å². The molecule has 0 radical (unpaired) electrons. The topological polar surface area (TPSA) is 269 Å². The number of aromatic nitrogens is 8. The van der Waals surface area contributed by atoms with Gasteiger partial charge in [0.1, 0.15) is 54.2 Å². The maximum absolute atomic E-state index is 13.6. The summed E-state index contributed by atoms with van der Waals surface area (Å²) in [7, 11) is 0. The Hall–Kier alpha value is -2.46. The van der Waals surface area contributed by atoms with Gasteiger partial charge in [0.05, 0.1) is 19.3 Å². The summed E-state index contributed by atoms with van der Waals surface area (Å²) < 4.78 is 63.6. The molecule has 6 N–H and O–H groups in total. The van der Waals surface area contributed by atoms with Crippen LogP contribution in [0.15, 0.2) is 25.3 Å². The van der Waals surface area contributed by atoms with Crippen molar-refractivity contribution in [3.05, 3.63) is 25.3 Å². The van der Waals surface area contributed by atoms with E-state index in [-0.39, 0.29) is 34.0 Å². The smallest absolute Gasteiger partial charge is 0.386 e. The second kappa shape index (κ2) is 10.6. The lowest BCUT2D eigenvalue weighted by Gasteiger charge is -2.25. The van der Waals surface area contributed by atoms with Crippen molar-refractivity contribution < 1.29 is 46.9 Å². The molecule has 0 spiro atoms. The number of thiol groups is 2. The summed E-state index contributed by atoms with van der Waals surface area (Å²) >= 11 is 8.10. The number of nitrogens with two attached hydrogens (primary N) is 2. The van der Waals surface area contributed by atoms with E-state index in [0.29, 0.717) is 0 Å². The molecule has 20 nitrogen and oxygen atoms in total. The lowest BCUT2D eigenvalue weighted by molar-refractivity contribution is -0.126. The second-order valence-corrected chi connectivity index (χ2v) is 15.3. The number of nitrogen functional groups attached to an aromatic ring is 2. The average molecular weight is 677 g/mol. The van der Waals surface area contributed by atoms with Gasteiger partial charge in [-0.05, 0) is 0 Å². The predicted octanol–water partition coefficient (Wildman–Crippen LogP) is 0.198. The molecule has 0 bridgehead atoms. The van der Waals surface area contributed by atoms with Crippen LogP contribution < -0.4 is 11.5 Å². The molecule has 0 aromatic carbocycles. The van der Waals surface area contributed by atoms with Gasteiger partial charge in [0.15, 0.2) is 41.7 Å². The molecule has 3 saturated heterocycles. The molecule has 7 rings (SSSR count). The molecule has 3 aliphatic heterocycles. The number of rotatable bonds is 2. The Kier molecular flexibility index (Phi) is 7.19. The Morgan fingerprint density at radius 1 is 0.767 bits per heavy atom. The molecule has 4 aromatic rings. The largest absolute Gasteiger partial charge is 0.388 e. The van der Waals surface area contributed by atoms with Crippen LogP contribution in [0.4, 0.5) is 11.6 Å². The highest BCUT2D eigenvalue weighted by Crippen LogP contribution is 2.62. The number of anilines is 2. The van der Waals surface area contributed by atoms with Gasteiger partial charge in [0, 0.05) is 0 Å². The van der Waals surface area contributed by atoms with Gasteiger partial charge in [0.2, 0.25) is 0 Å². The van der Waals surface area contributed by atoms with E-state index in [2.05, 4.69) is 54.4 Å². The van der Waals surface area contributed by atoms with Gasteiger partial charge in [-0.25, -0.2) is 39.0 Å². The molecule has 2 unspecified atom stereocenters. The standard InChI is InChI=1S/C19H22N10O10P2S2/c20-13-7-15(24-2-22-13)28(4-26-7)17-9(30)11-6(35-17)1-34-40(32,42)38-12-10(31)18(36-19(12)39-41(33,43)37-11)29-5-27-8-14(21)23-3-25-16(8)29/h2-6,9-12,17-19,30-31H,1H2,(H,32,42)(H,33,43)(H2,20,22,24)(H2,21,23,25)/t6-,9+,10+,11?,12?,17-,18-,19-,40+,41-/m1/s1. The van der Waals surface area contributed by atoms with Crippen molar-refractivity contribution in [2.24, 2.45) is 0 Å². The molecule has 0 saturated carbocycles. The molecule has 10 atom stereocenters. The Morgan fingerprint density at radius 2 is 1.30 bits per heavy atom. The van der Waals surface area contributed by atoms with Crippen LogP contribution in [0.3, 0.4) is 0 Å². The first kappa shape index (κ1) is 29.3. The van der Waals surface area contributed by atoms with E-state index < -0.39 is 69.5 Å². The van der Waals surface area contributed by atoms with E-state index in [4.69, 9.17) is 39.0 Å². The van der Waals surface area contributed by atoms with Crippen LogP contribution >= 0.6 is 38.1 Å². The van der Waals surface area contributed by atoms with Crippen LogP contribution in [-0.2, 0) is 36.7 Å². The van der Waals surface area contributed by atoms with Crippen LogP contribution in [0.5, 0.6) is 0 Å². The Balaban J connectivity index is 1.20. The highest BCUT2D eigenvalue weighted by molar-refractivity contribution is 8.44. The van der Waals surface area contributed by atoms with Crippen molar-refractivity contribution in [2.45, 2.75) is 49.3 Å². The number of aliphatic hydroxyl groups excluding tert-OH is 2. The summed E-state index contributed by atoms with van der Waals surface area (Å²) in [6, 6.07) is 0. The lowest BCUT2D eigenvalue weighted by atomic mass is 10.1.